The van der Waals surface area contributed by atoms with E-state index in [1.54, 1.807) is 12.1 Å². The lowest BCUT2D eigenvalue weighted by Crippen LogP contribution is -2.43. The summed E-state index contributed by atoms with van der Waals surface area (Å²) in [4.78, 5) is 25.0. The Morgan fingerprint density at radius 3 is 2.82 bits per heavy atom. The maximum atomic E-state index is 13.4. The molecule has 0 unspecified atom stereocenters. The van der Waals surface area contributed by atoms with E-state index in [-0.39, 0.29) is 11.6 Å². The summed E-state index contributed by atoms with van der Waals surface area (Å²) in [6.45, 7) is 0. The van der Waals surface area contributed by atoms with Crippen molar-refractivity contribution in [3.8, 4) is 0 Å². The quantitative estimate of drug-likeness (QED) is 0.652. The number of nitrogens with one attached hydrogen (secondary N) is 3. The van der Waals surface area contributed by atoms with E-state index in [9.17, 15) is 14.0 Å². The van der Waals surface area contributed by atoms with Gasteiger partial charge in [0.05, 0.1) is 0 Å². The number of fused-ring (bicyclic) bond motifs is 1. The minimum Gasteiger partial charge on any atom is -0.339 e. The topological polar surface area (TPSA) is 86.9 Å². The largest absolute Gasteiger partial charge is 0.339 e. The third-order valence-corrected chi connectivity index (χ3v) is 4.75. The van der Waals surface area contributed by atoms with Crippen LogP contribution in [0, 0.1) is 5.82 Å². The molecule has 1 aromatic heterocycles. The van der Waals surface area contributed by atoms with Crippen LogP contribution in [0.3, 0.4) is 0 Å². The van der Waals surface area contributed by atoms with Gasteiger partial charge in [-0.2, -0.15) is 5.10 Å². The molecule has 2 heterocycles. The standard InChI is InChI=1S/C21H19FN4O2/c22-15-8-6-14-7-9-17(20(27)24-18(14)11-15)23-21(28)19-12-16(25-26-19)10-13-4-2-1-3-5-13/h1-6,8,11-12,17H,7,9-10H2,(H,23,28)(H,24,27)(H,25,26)/t17-/m0/s1. The van der Waals surface area contributed by atoms with Gasteiger partial charge in [-0.1, -0.05) is 36.4 Å². The number of nitrogens with zero attached hydrogens (tertiary/aromatic N) is 1. The first-order chi connectivity index (χ1) is 13.6. The van der Waals surface area contributed by atoms with Crippen molar-refractivity contribution in [2.75, 3.05) is 5.32 Å². The predicted molar refractivity (Wildman–Crippen MR) is 102 cm³/mol. The summed E-state index contributed by atoms with van der Waals surface area (Å²) >= 11 is 0. The molecule has 0 bridgehead atoms. The second-order valence-corrected chi connectivity index (χ2v) is 6.80. The van der Waals surface area contributed by atoms with Crippen LogP contribution >= 0.6 is 0 Å². The van der Waals surface area contributed by atoms with Crippen LogP contribution in [0.5, 0.6) is 0 Å². The van der Waals surface area contributed by atoms with Gasteiger partial charge >= 0.3 is 0 Å². The molecule has 4 rings (SSSR count). The minimum atomic E-state index is -0.711. The van der Waals surface area contributed by atoms with E-state index in [0.29, 0.717) is 24.9 Å². The number of aromatic nitrogens is 2. The van der Waals surface area contributed by atoms with Gasteiger partial charge in [-0.15, -0.1) is 0 Å². The summed E-state index contributed by atoms with van der Waals surface area (Å²) in [7, 11) is 0. The number of carbonyl (C=O) groups is 2. The Hall–Kier alpha value is -3.48. The summed E-state index contributed by atoms with van der Waals surface area (Å²) < 4.78 is 13.4. The first kappa shape index (κ1) is 17.9. The molecule has 1 aliphatic rings. The number of halogens is 1. The Morgan fingerprint density at radius 2 is 2.00 bits per heavy atom. The van der Waals surface area contributed by atoms with Crippen molar-refractivity contribution in [1.82, 2.24) is 15.5 Å². The average Bonchev–Trinajstić information content (AvgIpc) is 3.09. The fraction of sp³-hybridized carbons (Fsp3) is 0.190. The number of amides is 2. The van der Waals surface area contributed by atoms with Crippen LogP contribution in [-0.4, -0.2) is 28.1 Å². The summed E-state index contributed by atoms with van der Waals surface area (Å²) in [6.07, 6.45) is 1.61. The second kappa shape index (κ2) is 7.64. The molecule has 6 nitrogen and oxygen atoms in total. The van der Waals surface area contributed by atoms with Crippen LogP contribution in [-0.2, 0) is 17.6 Å². The molecule has 0 radical (unpaired) electrons. The van der Waals surface area contributed by atoms with Gasteiger partial charge in [0, 0.05) is 17.8 Å². The van der Waals surface area contributed by atoms with Crippen molar-refractivity contribution < 1.29 is 14.0 Å². The summed E-state index contributed by atoms with van der Waals surface area (Å²) in [5.41, 5.74) is 3.44. The second-order valence-electron chi connectivity index (χ2n) is 6.80. The molecule has 1 atom stereocenters. The highest BCUT2D eigenvalue weighted by Crippen LogP contribution is 2.23. The number of aromatic amines is 1. The highest BCUT2D eigenvalue weighted by Gasteiger charge is 2.26. The van der Waals surface area contributed by atoms with Gasteiger partial charge in [0.1, 0.15) is 17.6 Å². The molecule has 3 aromatic rings. The molecule has 2 aromatic carbocycles. The van der Waals surface area contributed by atoms with Crippen LogP contribution in [0.2, 0.25) is 0 Å². The molecule has 2 amide bonds. The number of rotatable bonds is 4. The molecule has 0 aliphatic carbocycles. The van der Waals surface area contributed by atoms with Gasteiger partial charge in [-0.3, -0.25) is 14.7 Å². The molecule has 7 heteroatoms. The lowest BCUT2D eigenvalue weighted by atomic mass is 10.1. The molecule has 0 saturated heterocycles. The van der Waals surface area contributed by atoms with E-state index in [1.165, 1.54) is 12.1 Å². The lowest BCUT2D eigenvalue weighted by molar-refractivity contribution is -0.118. The molecule has 0 fully saturated rings. The molecule has 3 N–H and O–H groups in total. The van der Waals surface area contributed by atoms with Crippen molar-refractivity contribution in [3.05, 3.63) is 82.9 Å². The summed E-state index contributed by atoms with van der Waals surface area (Å²) in [6, 6.07) is 15.1. The van der Waals surface area contributed by atoms with E-state index in [2.05, 4.69) is 20.8 Å². The van der Waals surface area contributed by atoms with Crippen molar-refractivity contribution >= 4 is 17.5 Å². The first-order valence-corrected chi connectivity index (χ1v) is 9.07. The normalized spacial score (nSPS) is 16.0. The fourth-order valence-electron chi connectivity index (χ4n) is 3.29. The molecule has 0 spiro atoms. The SMILES string of the molecule is O=C(N[C@H]1CCc2ccc(F)cc2NC1=O)c1cc(Cc2ccccc2)[nH]n1. The highest BCUT2D eigenvalue weighted by molar-refractivity contribution is 6.01. The van der Waals surface area contributed by atoms with Crippen LogP contribution in [0.25, 0.3) is 0 Å². The molecular weight excluding hydrogens is 359 g/mol. The van der Waals surface area contributed by atoms with Crippen LogP contribution in [0.1, 0.15) is 33.7 Å². The summed E-state index contributed by atoms with van der Waals surface area (Å²) in [5.74, 6) is -1.20. The third kappa shape index (κ3) is 3.93. The maximum Gasteiger partial charge on any atom is 0.272 e. The highest BCUT2D eigenvalue weighted by atomic mass is 19.1. The first-order valence-electron chi connectivity index (χ1n) is 9.07. The lowest BCUT2D eigenvalue weighted by Gasteiger charge is -2.14. The number of hydrogen-bond donors (Lipinski definition) is 3. The molecule has 1 aliphatic heterocycles. The molecule has 142 valence electrons. The zero-order chi connectivity index (χ0) is 19.5. The minimum absolute atomic E-state index is 0.228. The number of hydrogen-bond acceptors (Lipinski definition) is 3. The monoisotopic (exact) mass is 378 g/mol. The van der Waals surface area contributed by atoms with Gasteiger partial charge in [0.25, 0.3) is 5.91 Å². The zero-order valence-corrected chi connectivity index (χ0v) is 15.0. The van der Waals surface area contributed by atoms with Gasteiger partial charge in [-0.25, -0.2) is 4.39 Å². The fourth-order valence-corrected chi connectivity index (χ4v) is 3.29. The molecular formula is C21H19FN4O2. The Labute approximate surface area is 161 Å². The van der Waals surface area contributed by atoms with Crippen molar-refractivity contribution in [1.29, 1.82) is 0 Å². The van der Waals surface area contributed by atoms with Gasteiger partial charge in [0.2, 0.25) is 5.91 Å². The van der Waals surface area contributed by atoms with E-state index in [1.807, 2.05) is 30.3 Å². The smallest absolute Gasteiger partial charge is 0.272 e. The number of H-pyrrole nitrogens is 1. The number of benzene rings is 2. The Morgan fingerprint density at radius 1 is 1.18 bits per heavy atom. The Balaban J connectivity index is 1.42. The van der Waals surface area contributed by atoms with E-state index >= 15 is 0 Å². The van der Waals surface area contributed by atoms with Crippen LogP contribution < -0.4 is 10.6 Å². The average molecular weight is 378 g/mol. The molecule has 0 saturated carbocycles. The number of aryl methyl sites for hydroxylation is 1. The summed E-state index contributed by atoms with van der Waals surface area (Å²) in [5, 5.41) is 12.3. The van der Waals surface area contributed by atoms with E-state index in [4.69, 9.17) is 0 Å². The maximum absolute atomic E-state index is 13.4. The van der Waals surface area contributed by atoms with Gasteiger partial charge in [-0.05, 0) is 42.2 Å². The van der Waals surface area contributed by atoms with Gasteiger partial charge < -0.3 is 10.6 Å². The number of carbonyl (C=O) groups excluding carboxylic acids is 2. The third-order valence-electron chi connectivity index (χ3n) is 4.75. The van der Waals surface area contributed by atoms with Crippen molar-refractivity contribution in [2.45, 2.75) is 25.3 Å². The molecule has 28 heavy (non-hydrogen) atoms. The van der Waals surface area contributed by atoms with E-state index < -0.39 is 17.8 Å². The van der Waals surface area contributed by atoms with Gasteiger partial charge in [0.15, 0.2) is 0 Å². The Kier molecular flexibility index (Phi) is 4.89. The van der Waals surface area contributed by atoms with Crippen LogP contribution in [0.4, 0.5) is 10.1 Å². The van der Waals surface area contributed by atoms with Crippen LogP contribution in [0.15, 0.2) is 54.6 Å². The number of anilines is 1. The van der Waals surface area contributed by atoms with Crippen molar-refractivity contribution in [2.24, 2.45) is 0 Å². The Bertz CT molecular complexity index is 1020. The zero-order valence-electron chi connectivity index (χ0n) is 15.0. The predicted octanol–water partition coefficient (Wildman–Crippen LogP) is 2.82. The van der Waals surface area contributed by atoms with E-state index in [0.717, 1.165) is 16.8 Å². The van der Waals surface area contributed by atoms with Crippen molar-refractivity contribution in [3.63, 3.8) is 0 Å².